The number of aryl methyl sites for hydroxylation is 1. The van der Waals surface area contributed by atoms with Crippen molar-refractivity contribution in [2.24, 2.45) is 7.05 Å². The van der Waals surface area contributed by atoms with Gasteiger partial charge in [0, 0.05) is 49.0 Å². The third-order valence-corrected chi connectivity index (χ3v) is 3.26. The molecule has 0 saturated carbocycles. The van der Waals surface area contributed by atoms with E-state index in [-0.39, 0.29) is 5.82 Å². The van der Waals surface area contributed by atoms with Crippen molar-refractivity contribution in [3.8, 4) is 0 Å². The van der Waals surface area contributed by atoms with Gasteiger partial charge >= 0.3 is 0 Å². The third-order valence-electron chi connectivity index (χ3n) is 2.77. The number of hydrogen-bond donors (Lipinski definition) is 1. The van der Waals surface area contributed by atoms with Crippen LogP contribution in [0.2, 0.25) is 0 Å². The number of nitrogens with zero attached hydrogens (tertiary/aromatic N) is 2. The summed E-state index contributed by atoms with van der Waals surface area (Å²) in [6.07, 6.45) is 4.53. The first-order chi connectivity index (χ1) is 8.66. The minimum absolute atomic E-state index is 0.178. The highest BCUT2D eigenvalue weighted by Gasteiger charge is 2.03. The van der Waals surface area contributed by atoms with E-state index in [9.17, 15) is 4.39 Å². The van der Waals surface area contributed by atoms with E-state index in [1.807, 2.05) is 17.8 Å². The first kappa shape index (κ1) is 13.2. The van der Waals surface area contributed by atoms with Crippen LogP contribution in [-0.2, 0) is 20.0 Å². The SMILES string of the molecule is Cn1ccnc1CCNCc1cc(Br)ccc1F. The molecule has 18 heavy (non-hydrogen) atoms. The first-order valence-electron chi connectivity index (χ1n) is 5.77. The molecule has 2 rings (SSSR count). The van der Waals surface area contributed by atoms with Crippen molar-refractivity contribution in [1.82, 2.24) is 14.9 Å². The van der Waals surface area contributed by atoms with Crippen LogP contribution in [0.1, 0.15) is 11.4 Å². The van der Waals surface area contributed by atoms with Crippen LogP contribution in [0.25, 0.3) is 0 Å². The second-order valence-electron chi connectivity index (χ2n) is 4.12. The van der Waals surface area contributed by atoms with E-state index in [4.69, 9.17) is 0 Å². The minimum Gasteiger partial charge on any atom is -0.338 e. The molecule has 0 aliphatic carbocycles. The van der Waals surface area contributed by atoms with Crippen LogP contribution in [0, 0.1) is 5.82 Å². The molecular weight excluding hydrogens is 297 g/mol. The summed E-state index contributed by atoms with van der Waals surface area (Å²) >= 11 is 3.34. The molecule has 0 saturated heterocycles. The predicted octanol–water partition coefficient (Wildman–Crippen LogP) is 2.65. The van der Waals surface area contributed by atoms with Gasteiger partial charge in [-0.1, -0.05) is 15.9 Å². The molecule has 1 heterocycles. The molecule has 0 spiro atoms. The summed E-state index contributed by atoms with van der Waals surface area (Å²) in [4.78, 5) is 4.23. The predicted molar refractivity (Wildman–Crippen MR) is 72.7 cm³/mol. The minimum atomic E-state index is -0.178. The van der Waals surface area contributed by atoms with Gasteiger partial charge in [0.05, 0.1) is 0 Å². The molecule has 5 heteroatoms. The number of hydrogen-bond acceptors (Lipinski definition) is 2. The van der Waals surface area contributed by atoms with Crippen molar-refractivity contribution >= 4 is 15.9 Å². The zero-order chi connectivity index (χ0) is 13.0. The van der Waals surface area contributed by atoms with Gasteiger partial charge in [-0.2, -0.15) is 0 Å². The summed E-state index contributed by atoms with van der Waals surface area (Å²) in [7, 11) is 1.97. The van der Waals surface area contributed by atoms with Gasteiger partial charge in [0.25, 0.3) is 0 Å². The summed E-state index contributed by atoms with van der Waals surface area (Å²) in [6, 6.07) is 4.97. The second-order valence-corrected chi connectivity index (χ2v) is 5.03. The topological polar surface area (TPSA) is 29.9 Å². The molecule has 1 N–H and O–H groups in total. The molecule has 0 radical (unpaired) electrons. The molecule has 96 valence electrons. The van der Waals surface area contributed by atoms with Crippen molar-refractivity contribution in [3.63, 3.8) is 0 Å². The van der Waals surface area contributed by atoms with Gasteiger partial charge in [0.1, 0.15) is 11.6 Å². The van der Waals surface area contributed by atoms with Gasteiger partial charge in [-0.15, -0.1) is 0 Å². The molecule has 1 aromatic heterocycles. The molecule has 0 amide bonds. The Labute approximate surface area is 114 Å². The Morgan fingerprint density at radius 1 is 1.44 bits per heavy atom. The Morgan fingerprint density at radius 3 is 3.00 bits per heavy atom. The van der Waals surface area contributed by atoms with E-state index in [1.54, 1.807) is 18.3 Å². The molecule has 0 aliphatic rings. The molecule has 0 fully saturated rings. The Hall–Kier alpha value is -1.20. The largest absolute Gasteiger partial charge is 0.338 e. The van der Waals surface area contributed by atoms with Crippen molar-refractivity contribution in [2.75, 3.05) is 6.54 Å². The summed E-state index contributed by atoms with van der Waals surface area (Å²) in [5.41, 5.74) is 0.671. The fraction of sp³-hybridized carbons (Fsp3) is 0.308. The Kier molecular flexibility index (Phi) is 4.49. The van der Waals surface area contributed by atoms with Gasteiger partial charge in [0.15, 0.2) is 0 Å². The average molecular weight is 312 g/mol. The van der Waals surface area contributed by atoms with E-state index in [2.05, 4.69) is 26.2 Å². The Morgan fingerprint density at radius 2 is 2.28 bits per heavy atom. The van der Waals surface area contributed by atoms with Gasteiger partial charge in [-0.3, -0.25) is 0 Å². The van der Waals surface area contributed by atoms with E-state index >= 15 is 0 Å². The van der Waals surface area contributed by atoms with E-state index in [1.165, 1.54) is 6.07 Å². The average Bonchev–Trinajstić information content (AvgIpc) is 2.75. The normalized spacial score (nSPS) is 10.8. The van der Waals surface area contributed by atoms with Crippen molar-refractivity contribution < 1.29 is 4.39 Å². The highest BCUT2D eigenvalue weighted by molar-refractivity contribution is 9.10. The summed E-state index contributed by atoms with van der Waals surface area (Å²) < 4.78 is 16.3. The molecule has 3 nitrogen and oxygen atoms in total. The maximum absolute atomic E-state index is 13.5. The number of benzene rings is 1. The number of halogens is 2. The lowest BCUT2D eigenvalue weighted by Gasteiger charge is -2.06. The van der Waals surface area contributed by atoms with Gasteiger partial charge in [-0.25, -0.2) is 9.37 Å². The van der Waals surface area contributed by atoms with Crippen LogP contribution in [0.4, 0.5) is 4.39 Å². The van der Waals surface area contributed by atoms with Gasteiger partial charge in [0.2, 0.25) is 0 Å². The smallest absolute Gasteiger partial charge is 0.127 e. The number of aromatic nitrogens is 2. The lowest BCUT2D eigenvalue weighted by molar-refractivity contribution is 0.584. The van der Waals surface area contributed by atoms with E-state index in [0.29, 0.717) is 12.1 Å². The second kappa shape index (κ2) is 6.11. The number of nitrogens with one attached hydrogen (secondary N) is 1. The fourth-order valence-corrected chi connectivity index (χ4v) is 2.15. The Bertz CT molecular complexity index is 525. The van der Waals surface area contributed by atoms with E-state index < -0.39 is 0 Å². The van der Waals surface area contributed by atoms with Gasteiger partial charge < -0.3 is 9.88 Å². The quantitative estimate of drug-likeness (QED) is 0.860. The third kappa shape index (κ3) is 3.40. The molecular formula is C13H15BrFN3. The maximum Gasteiger partial charge on any atom is 0.127 e. The van der Waals surface area contributed by atoms with Crippen LogP contribution >= 0.6 is 15.9 Å². The fourth-order valence-electron chi connectivity index (χ4n) is 1.74. The van der Waals surface area contributed by atoms with Crippen molar-refractivity contribution in [2.45, 2.75) is 13.0 Å². The molecule has 0 aliphatic heterocycles. The highest BCUT2D eigenvalue weighted by Crippen LogP contribution is 2.15. The van der Waals surface area contributed by atoms with Crippen molar-refractivity contribution in [3.05, 3.63) is 52.3 Å². The van der Waals surface area contributed by atoms with Crippen LogP contribution in [-0.4, -0.2) is 16.1 Å². The zero-order valence-electron chi connectivity index (χ0n) is 10.2. The van der Waals surface area contributed by atoms with Crippen LogP contribution in [0.5, 0.6) is 0 Å². The number of imidazole rings is 1. The summed E-state index contributed by atoms with van der Waals surface area (Å²) in [6.45, 7) is 1.30. The zero-order valence-corrected chi connectivity index (χ0v) is 11.7. The molecule has 2 aromatic rings. The van der Waals surface area contributed by atoms with Crippen molar-refractivity contribution in [1.29, 1.82) is 0 Å². The first-order valence-corrected chi connectivity index (χ1v) is 6.57. The maximum atomic E-state index is 13.5. The van der Waals surface area contributed by atoms with E-state index in [0.717, 1.165) is 23.3 Å². The Balaban J connectivity index is 1.82. The summed E-state index contributed by atoms with van der Waals surface area (Å²) in [5.74, 6) is 0.847. The molecule has 0 unspecified atom stereocenters. The lowest BCUT2D eigenvalue weighted by Crippen LogP contribution is -2.18. The lowest BCUT2D eigenvalue weighted by atomic mass is 10.2. The molecule has 0 bridgehead atoms. The highest BCUT2D eigenvalue weighted by atomic mass is 79.9. The molecule has 1 aromatic carbocycles. The van der Waals surface area contributed by atoms with Crippen LogP contribution < -0.4 is 5.32 Å². The monoisotopic (exact) mass is 311 g/mol. The van der Waals surface area contributed by atoms with Crippen LogP contribution in [0.3, 0.4) is 0 Å². The van der Waals surface area contributed by atoms with Gasteiger partial charge in [-0.05, 0) is 18.2 Å². The standard InChI is InChI=1S/C13H15BrFN3/c1-18-7-6-17-13(18)4-5-16-9-10-8-11(14)2-3-12(10)15/h2-3,6-8,16H,4-5,9H2,1H3. The molecule has 0 atom stereocenters. The van der Waals surface area contributed by atoms with Crippen LogP contribution in [0.15, 0.2) is 35.1 Å². The summed E-state index contributed by atoms with van der Waals surface area (Å²) in [5, 5.41) is 3.22. The number of rotatable bonds is 5.